The molecule has 2 fully saturated rings. The van der Waals surface area contributed by atoms with Crippen LogP contribution in [0.3, 0.4) is 0 Å². The van der Waals surface area contributed by atoms with E-state index >= 15 is 0 Å². The molecule has 4 amide bonds. The molecular formula is C26H28N4O4. The summed E-state index contributed by atoms with van der Waals surface area (Å²) >= 11 is 0. The summed E-state index contributed by atoms with van der Waals surface area (Å²) < 4.78 is 0. The predicted octanol–water partition coefficient (Wildman–Crippen LogP) is 3.02. The molecule has 0 aromatic heterocycles. The number of imide groups is 1. The van der Waals surface area contributed by atoms with Crippen molar-refractivity contribution in [3.8, 4) is 0 Å². The third-order valence-corrected chi connectivity index (χ3v) is 7.11. The van der Waals surface area contributed by atoms with Crippen LogP contribution in [-0.4, -0.2) is 53.1 Å². The van der Waals surface area contributed by atoms with Crippen molar-refractivity contribution in [2.24, 2.45) is 11.1 Å². The maximum atomic E-state index is 13.7. The summed E-state index contributed by atoms with van der Waals surface area (Å²) in [5.41, 5.74) is 1.78. The van der Waals surface area contributed by atoms with Gasteiger partial charge in [0.25, 0.3) is 5.91 Å². The van der Waals surface area contributed by atoms with Gasteiger partial charge in [-0.25, -0.2) is 4.79 Å². The summed E-state index contributed by atoms with van der Waals surface area (Å²) in [5, 5.41) is 6.94. The molecule has 1 saturated carbocycles. The van der Waals surface area contributed by atoms with Crippen LogP contribution < -0.4 is 5.32 Å². The van der Waals surface area contributed by atoms with Gasteiger partial charge in [-0.1, -0.05) is 59.8 Å². The Labute approximate surface area is 198 Å². The summed E-state index contributed by atoms with van der Waals surface area (Å²) in [7, 11) is 1.45. The molecule has 8 nitrogen and oxygen atoms in total. The second-order valence-electron chi connectivity index (χ2n) is 9.25. The largest absolute Gasteiger partial charge is 0.399 e. The quantitative estimate of drug-likeness (QED) is 0.508. The minimum atomic E-state index is -1.27. The van der Waals surface area contributed by atoms with Crippen LogP contribution in [0.25, 0.3) is 0 Å². The number of nitrogens with one attached hydrogen (secondary N) is 1. The fourth-order valence-corrected chi connectivity index (χ4v) is 5.11. The van der Waals surface area contributed by atoms with Gasteiger partial charge in [-0.2, -0.15) is 0 Å². The molecule has 176 valence electrons. The molecule has 34 heavy (non-hydrogen) atoms. The minimum absolute atomic E-state index is 0.0371. The average Bonchev–Trinajstić information content (AvgIpc) is 3.62. The Balaban J connectivity index is 1.40. The Hall–Kier alpha value is -3.68. The molecule has 2 aromatic carbocycles. The van der Waals surface area contributed by atoms with Gasteiger partial charge in [-0.05, 0) is 36.8 Å². The first-order valence-electron chi connectivity index (χ1n) is 11.6. The number of amides is 4. The van der Waals surface area contributed by atoms with Crippen molar-refractivity contribution in [3.05, 3.63) is 71.3 Å². The summed E-state index contributed by atoms with van der Waals surface area (Å²) in [4.78, 5) is 48.0. The molecule has 2 aliphatic carbocycles. The molecule has 1 unspecified atom stereocenters. The zero-order valence-electron chi connectivity index (χ0n) is 19.4. The number of fused-ring (bicyclic) bond motifs is 2. The normalized spacial score (nSPS) is 23.2. The highest BCUT2D eigenvalue weighted by Gasteiger charge is 2.57. The van der Waals surface area contributed by atoms with Crippen LogP contribution in [0.2, 0.25) is 0 Å². The summed E-state index contributed by atoms with van der Waals surface area (Å²) in [6.07, 6.45) is 2.36. The molecule has 1 saturated heterocycles. The molecule has 1 heterocycles. The zero-order valence-corrected chi connectivity index (χ0v) is 19.4. The van der Waals surface area contributed by atoms with Crippen LogP contribution >= 0.6 is 0 Å². The maximum Gasteiger partial charge on any atom is 0.325 e. The second kappa shape index (κ2) is 8.59. The summed E-state index contributed by atoms with van der Waals surface area (Å²) in [6.45, 7) is 2.20. The lowest BCUT2D eigenvalue weighted by atomic mass is 9.92. The fourth-order valence-electron chi connectivity index (χ4n) is 5.11. The lowest BCUT2D eigenvalue weighted by Gasteiger charge is -2.31. The van der Waals surface area contributed by atoms with Crippen molar-refractivity contribution < 1.29 is 19.2 Å². The number of urea groups is 1. The molecule has 0 bridgehead atoms. The number of hydrogen-bond donors (Lipinski definition) is 1. The summed E-state index contributed by atoms with van der Waals surface area (Å²) in [6, 6.07) is 16.6. The van der Waals surface area contributed by atoms with Crippen LogP contribution in [0.15, 0.2) is 59.8 Å². The highest BCUT2D eigenvalue weighted by molar-refractivity contribution is 6.17. The average molecular weight is 461 g/mol. The lowest BCUT2D eigenvalue weighted by Crippen LogP contribution is -2.47. The second-order valence-corrected chi connectivity index (χ2v) is 9.25. The fraction of sp³-hybridized carbons (Fsp3) is 0.385. The molecule has 2 aromatic rings. The highest BCUT2D eigenvalue weighted by Crippen LogP contribution is 2.42. The number of rotatable bonds is 7. The van der Waals surface area contributed by atoms with E-state index in [1.165, 1.54) is 7.11 Å². The van der Waals surface area contributed by atoms with E-state index < -0.39 is 17.5 Å². The van der Waals surface area contributed by atoms with E-state index in [9.17, 15) is 14.4 Å². The Morgan fingerprint density at radius 1 is 1.18 bits per heavy atom. The van der Waals surface area contributed by atoms with Gasteiger partial charge in [-0.3, -0.25) is 14.5 Å². The Kier molecular flexibility index (Phi) is 5.59. The molecular weight excluding hydrogens is 432 g/mol. The molecule has 5 rings (SSSR count). The third kappa shape index (κ3) is 3.73. The van der Waals surface area contributed by atoms with Gasteiger partial charge in [0.05, 0.1) is 5.71 Å². The van der Waals surface area contributed by atoms with Gasteiger partial charge in [0, 0.05) is 24.6 Å². The first-order chi connectivity index (χ1) is 16.4. The van der Waals surface area contributed by atoms with E-state index in [0.29, 0.717) is 23.7 Å². The number of benzene rings is 2. The van der Waals surface area contributed by atoms with Gasteiger partial charge in [0.1, 0.15) is 13.7 Å². The van der Waals surface area contributed by atoms with Crippen molar-refractivity contribution in [3.63, 3.8) is 0 Å². The molecule has 8 heteroatoms. The van der Waals surface area contributed by atoms with E-state index in [-0.39, 0.29) is 24.9 Å². The number of nitrogens with zero attached hydrogens (tertiary/aromatic N) is 3. The van der Waals surface area contributed by atoms with E-state index in [4.69, 9.17) is 4.84 Å². The highest BCUT2D eigenvalue weighted by atomic mass is 16.6. The van der Waals surface area contributed by atoms with Crippen LogP contribution in [0, 0.1) is 5.92 Å². The number of carbonyl (C=O) groups excluding carboxylic acids is 3. The SMILES string of the molecule is CON=C1C[C@]2(NC(=O)N(CC(=O)N(Cc3ccccc3)C(C)C3CC3)C2=O)c2ccccc21. The van der Waals surface area contributed by atoms with Gasteiger partial charge in [0.2, 0.25) is 5.91 Å². The van der Waals surface area contributed by atoms with Crippen LogP contribution in [0.4, 0.5) is 4.79 Å². The van der Waals surface area contributed by atoms with Crippen molar-refractivity contribution in [1.29, 1.82) is 0 Å². The summed E-state index contributed by atoms with van der Waals surface area (Å²) in [5.74, 6) is -0.212. The van der Waals surface area contributed by atoms with Crippen molar-refractivity contribution in [2.75, 3.05) is 13.7 Å². The monoisotopic (exact) mass is 460 g/mol. The zero-order chi connectivity index (χ0) is 23.9. The van der Waals surface area contributed by atoms with Crippen molar-refractivity contribution in [1.82, 2.24) is 15.1 Å². The van der Waals surface area contributed by atoms with Crippen molar-refractivity contribution in [2.45, 2.75) is 44.3 Å². The molecule has 0 radical (unpaired) electrons. The Bertz CT molecular complexity index is 1160. The Morgan fingerprint density at radius 3 is 2.59 bits per heavy atom. The van der Waals surface area contributed by atoms with Crippen LogP contribution in [0.1, 0.15) is 42.9 Å². The van der Waals surface area contributed by atoms with E-state index in [1.807, 2.05) is 61.5 Å². The molecule has 1 aliphatic heterocycles. The first kappa shape index (κ1) is 22.1. The van der Waals surface area contributed by atoms with E-state index in [1.54, 1.807) is 4.90 Å². The molecule has 1 spiro atoms. The van der Waals surface area contributed by atoms with E-state index in [2.05, 4.69) is 10.5 Å². The molecule has 2 atom stereocenters. The smallest absolute Gasteiger partial charge is 0.325 e. The lowest BCUT2D eigenvalue weighted by molar-refractivity contribution is -0.140. The van der Waals surface area contributed by atoms with Gasteiger partial charge in [-0.15, -0.1) is 0 Å². The van der Waals surface area contributed by atoms with E-state index in [0.717, 1.165) is 28.9 Å². The predicted molar refractivity (Wildman–Crippen MR) is 126 cm³/mol. The maximum absolute atomic E-state index is 13.7. The van der Waals surface area contributed by atoms with Gasteiger partial charge < -0.3 is 15.1 Å². The molecule has 1 N–H and O–H groups in total. The standard InChI is InChI=1S/C26H28N4O4/c1-17(19-12-13-19)29(15-18-8-4-3-5-9-18)23(31)16-30-24(32)26(27-25(30)33)14-22(28-34-2)20-10-6-7-11-21(20)26/h3-11,17,19H,12-16H2,1-2H3,(H,27,33)/t17?,26-/m0/s1. The third-order valence-electron chi connectivity index (χ3n) is 7.11. The molecule has 3 aliphatic rings. The van der Waals surface area contributed by atoms with Crippen LogP contribution in [-0.2, 0) is 26.5 Å². The topological polar surface area (TPSA) is 91.3 Å². The number of hydrogen-bond acceptors (Lipinski definition) is 5. The van der Waals surface area contributed by atoms with Gasteiger partial charge in [0.15, 0.2) is 5.54 Å². The van der Waals surface area contributed by atoms with Crippen molar-refractivity contribution >= 4 is 23.6 Å². The first-order valence-corrected chi connectivity index (χ1v) is 11.6. The number of oxime groups is 1. The van der Waals surface area contributed by atoms with Gasteiger partial charge >= 0.3 is 6.03 Å². The number of carbonyl (C=O) groups is 3. The van der Waals surface area contributed by atoms with Crippen LogP contribution in [0.5, 0.6) is 0 Å². The minimum Gasteiger partial charge on any atom is -0.399 e. The Morgan fingerprint density at radius 2 is 1.88 bits per heavy atom.